The van der Waals surface area contributed by atoms with E-state index in [2.05, 4.69) is 29.8 Å². The second-order valence-corrected chi connectivity index (χ2v) is 5.50. The van der Waals surface area contributed by atoms with Gasteiger partial charge in [-0.15, -0.1) is 0 Å². The van der Waals surface area contributed by atoms with Crippen molar-refractivity contribution in [2.75, 3.05) is 11.4 Å². The first-order valence-electron chi connectivity index (χ1n) is 6.49. The van der Waals surface area contributed by atoms with Gasteiger partial charge in [0.15, 0.2) is 0 Å². The maximum atomic E-state index is 7.78. The van der Waals surface area contributed by atoms with Crippen LogP contribution in [0.5, 0.6) is 0 Å². The Morgan fingerprint density at radius 3 is 2.61 bits per heavy atom. The topological polar surface area (TPSA) is 66.0 Å². The Morgan fingerprint density at radius 1 is 1.44 bits per heavy atom. The van der Waals surface area contributed by atoms with E-state index in [0.29, 0.717) is 12.0 Å². The van der Waals surface area contributed by atoms with Gasteiger partial charge in [-0.3, -0.25) is 10.4 Å². The number of amidine groups is 1. The number of hydrogen-bond acceptors (Lipinski definition) is 3. The van der Waals surface area contributed by atoms with Crippen LogP contribution in [0, 0.1) is 25.2 Å². The van der Waals surface area contributed by atoms with Gasteiger partial charge in [-0.25, -0.2) is 0 Å². The zero-order chi connectivity index (χ0) is 13.4. The fourth-order valence-corrected chi connectivity index (χ4v) is 3.00. The van der Waals surface area contributed by atoms with Crippen molar-refractivity contribution in [2.24, 2.45) is 11.7 Å². The van der Waals surface area contributed by atoms with Crippen molar-refractivity contribution >= 4 is 11.5 Å². The zero-order valence-electron chi connectivity index (χ0n) is 11.6. The number of aromatic nitrogens is 1. The Kier molecular flexibility index (Phi) is 3.28. The molecule has 4 heteroatoms. The molecule has 2 atom stereocenters. The molecule has 2 rings (SSSR count). The fraction of sp³-hybridized carbons (Fsp3) is 0.571. The molecule has 0 amide bonds. The summed E-state index contributed by atoms with van der Waals surface area (Å²) in [4.78, 5) is 6.79. The van der Waals surface area contributed by atoms with Gasteiger partial charge in [0.1, 0.15) is 5.84 Å². The molecule has 2 heterocycles. The monoisotopic (exact) mass is 246 g/mol. The van der Waals surface area contributed by atoms with Crippen LogP contribution < -0.4 is 10.6 Å². The lowest BCUT2D eigenvalue weighted by molar-refractivity contribution is 0.625. The highest BCUT2D eigenvalue weighted by molar-refractivity contribution is 6.01. The van der Waals surface area contributed by atoms with Gasteiger partial charge < -0.3 is 10.6 Å². The minimum absolute atomic E-state index is 0.113. The molecule has 1 fully saturated rings. The van der Waals surface area contributed by atoms with Crippen molar-refractivity contribution in [3.63, 3.8) is 0 Å². The van der Waals surface area contributed by atoms with Crippen molar-refractivity contribution in [1.82, 2.24) is 4.98 Å². The van der Waals surface area contributed by atoms with Crippen LogP contribution in [0.25, 0.3) is 0 Å². The van der Waals surface area contributed by atoms with Gasteiger partial charge in [-0.2, -0.15) is 0 Å². The second kappa shape index (κ2) is 4.59. The minimum atomic E-state index is 0.113. The molecule has 0 saturated carbocycles. The largest absolute Gasteiger partial charge is 0.384 e. The Morgan fingerprint density at radius 2 is 2.11 bits per heavy atom. The number of pyridine rings is 1. The molecule has 2 unspecified atom stereocenters. The first-order chi connectivity index (χ1) is 8.40. The fourth-order valence-electron chi connectivity index (χ4n) is 3.00. The van der Waals surface area contributed by atoms with Crippen LogP contribution in [0.2, 0.25) is 0 Å². The number of nitrogens with zero attached hydrogens (tertiary/aromatic N) is 2. The molecule has 0 spiro atoms. The number of nitrogens with one attached hydrogen (secondary N) is 1. The molecule has 0 aromatic carbocycles. The molecule has 3 N–H and O–H groups in total. The van der Waals surface area contributed by atoms with Gasteiger partial charge in [-0.1, -0.05) is 6.92 Å². The SMILES string of the molecule is Cc1cc(N2CC(C)CC2C)c(C(=N)N)c(C)n1. The normalized spacial score (nSPS) is 23.4. The molecule has 1 saturated heterocycles. The molecule has 1 aromatic rings. The summed E-state index contributed by atoms with van der Waals surface area (Å²) in [7, 11) is 0. The standard InChI is InChI=1S/C14H22N4/c1-8-5-10(3)18(7-8)12-6-9(2)17-11(4)13(12)14(15)16/h6,8,10H,5,7H2,1-4H3,(H3,15,16). The van der Waals surface area contributed by atoms with Crippen LogP contribution in [0.4, 0.5) is 5.69 Å². The number of aryl methyl sites for hydroxylation is 2. The minimum Gasteiger partial charge on any atom is -0.384 e. The van der Waals surface area contributed by atoms with Gasteiger partial charge in [0, 0.05) is 18.3 Å². The van der Waals surface area contributed by atoms with Gasteiger partial charge in [-0.05, 0) is 39.2 Å². The van der Waals surface area contributed by atoms with E-state index < -0.39 is 0 Å². The third-order valence-corrected chi connectivity index (χ3v) is 3.67. The Balaban J connectivity index is 2.52. The molecule has 18 heavy (non-hydrogen) atoms. The number of hydrogen-bond donors (Lipinski definition) is 2. The van der Waals surface area contributed by atoms with E-state index in [0.717, 1.165) is 29.2 Å². The average molecular weight is 246 g/mol. The summed E-state index contributed by atoms with van der Waals surface area (Å²) >= 11 is 0. The van der Waals surface area contributed by atoms with Crippen LogP contribution in [-0.2, 0) is 0 Å². The lowest BCUT2D eigenvalue weighted by atomic mass is 10.1. The molecular weight excluding hydrogens is 224 g/mol. The highest BCUT2D eigenvalue weighted by Gasteiger charge is 2.29. The Bertz CT molecular complexity index is 481. The van der Waals surface area contributed by atoms with Gasteiger partial charge in [0.25, 0.3) is 0 Å². The van der Waals surface area contributed by atoms with E-state index in [-0.39, 0.29) is 5.84 Å². The summed E-state index contributed by atoms with van der Waals surface area (Å²) in [6.45, 7) is 9.45. The Hall–Kier alpha value is -1.58. The quantitative estimate of drug-likeness (QED) is 0.621. The zero-order valence-corrected chi connectivity index (χ0v) is 11.6. The lowest BCUT2D eigenvalue weighted by Gasteiger charge is -2.27. The summed E-state index contributed by atoms with van der Waals surface area (Å²) in [6, 6.07) is 2.55. The van der Waals surface area contributed by atoms with Gasteiger partial charge in [0.05, 0.1) is 16.9 Å². The number of anilines is 1. The van der Waals surface area contributed by atoms with Crippen LogP contribution in [0.15, 0.2) is 6.07 Å². The highest BCUT2D eigenvalue weighted by atomic mass is 15.2. The highest BCUT2D eigenvalue weighted by Crippen LogP contribution is 2.32. The third-order valence-electron chi connectivity index (χ3n) is 3.67. The third kappa shape index (κ3) is 2.19. The molecule has 98 valence electrons. The van der Waals surface area contributed by atoms with Gasteiger partial charge >= 0.3 is 0 Å². The van der Waals surface area contributed by atoms with Crippen molar-refractivity contribution in [2.45, 2.75) is 40.2 Å². The van der Waals surface area contributed by atoms with Crippen LogP contribution >= 0.6 is 0 Å². The van der Waals surface area contributed by atoms with Crippen molar-refractivity contribution in [3.05, 3.63) is 23.0 Å². The second-order valence-electron chi connectivity index (χ2n) is 5.50. The lowest BCUT2D eigenvalue weighted by Crippen LogP contribution is -2.30. The van der Waals surface area contributed by atoms with E-state index in [9.17, 15) is 0 Å². The smallest absolute Gasteiger partial charge is 0.126 e. The molecule has 1 aliphatic heterocycles. The number of rotatable bonds is 2. The number of nitrogens with two attached hydrogens (primary N) is 1. The first-order valence-corrected chi connectivity index (χ1v) is 6.49. The van der Waals surface area contributed by atoms with Crippen molar-refractivity contribution in [3.8, 4) is 0 Å². The molecule has 1 aromatic heterocycles. The summed E-state index contributed by atoms with van der Waals surface area (Å²) in [5.74, 6) is 0.801. The molecule has 0 bridgehead atoms. The molecular formula is C14H22N4. The van der Waals surface area contributed by atoms with E-state index >= 15 is 0 Å². The van der Waals surface area contributed by atoms with Gasteiger partial charge in [0.2, 0.25) is 0 Å². The summed E-state index contributed by atoms with van der Waals surface area (Å²) in [6.07, 6.45) is 1.19. The van der Waals surface area contributed by atoms with Crippen LogP contribution in [-0.4, -0.2) is 23.4 Å². The summed E-state index contributed by atoms with van der Waals surface area (Å²) < 4.78 is 0. The number of nitrogen functional groups attached to an aromatic ring is 1. The van der Waals surface area contributed by atoms with E-state index in [1.807, 2.05) is 13.8 Å². The van der Waals surface area contributed by atoms with Crippen LogP contribution in [0.3, 0.4) is 0 Å². The van der Waals surface area contributed by atoms with Crippen molar-refractivity contribution in [1.29, 1.82) is 5.41 Å². The average Bonchev–Trinajstić information content (AvgIpc) is 2.55. The van der Waals surface area contributed by atoms with Crippen molar-refractivity contribution < 1.29 is 0 Å². The summed E-state index contributed by atoms with van der Waals surface area (Å²) in [5.41, 5.74) is 9.43. The first kappa shape index (κ1) is 12.9. The maximum absolute atomic E-state index is 7.78. The predicted molar refractivity (Wildman–Crippen MR) is 75.3 cm³/mol. The molecule has 1 aliphatic rings. The van der Waals surface area contributed by atoms with E-state index in [4.69, 9.17) is 11.1 Å². The maximum Gasteiger partial charge on any atom is 0.126 e. The Labute approximate surface area is 109 Å². The molecule has 0 radical (unpaired) electrons. The van der Waals surface area contributed by atoms with E-state index in [1.165, 1.54) is 6.42 Å². The predicted octanol–water partition coefficient (Wildman–Crippen LogP) is 2.22. The molecule has 0 aliphatic carbocycles. The van der Waals surface area contributed by atoms with Crippen LogP contribution in [0.1, 0.15) is 37.2 Å². The summed E-state index contributed by atoms with van der Waals surface area (Å²) in [5, 5.41) is 7.78. The van der Waals surface area contributed by atoms with E-state index in [1.54, 1.807) is 0 Å². The molecule has 4 nitrogen and oxygen atoms in total.